The fourth-order valence-electron chi connectivity index (χ4n) is 1.11. The first-order valence-corrected chi connectivity index (χ1v) is 7.07. The van der Waals surface area contributed by atoms with E-state index >= 15 is 0 Å². The molecule has 0 atom stereocenters. The van der Waals surface area contributed by atoms with Gasteiger partial charge in [-0.15, -0.1) is 10.2 Å². The summed E-state index contributed by atoms with van der Waals surface area (Å²) in [5.74, 6) is 1.54. The van der Waals surface area contributed by atoms with Crippen molar-refractivity contribution in [3.63, 3.8) is 0 Å². The number of hydrogen-bond acceptors (Lipinski definition) is 5. The molecule has 1 aromatic rings. The summed E-state index contributed by atoms with van der Waals surface area (Å²) in [5.41, 5.74) is -0.0799. The van der Waals surface area contributed by atoms with Crippen LogP contribution >= 0.6 is 11.8 Å². The summed E-state index contributed by atoms with van der Waals surface area (Å²) in [4.78, 5) is 0. The summed E-state index contributed by atoms with van der Waals surface area (Å²) in [6.45, 7) is 9.91. The molecule has 0 aromatic carbocycles. The molecule has 1 rings (SSSR count). The quantitative estimate of drug-likeness (QED) is 0.555. The fourth-order valence-corrected chi connectivity index (χ4v) is 1.72. The molecule has 98 valence electrons. The van der Waals surface area contributed by atoms with Crippen molar-refractivity contribution in [2.24, 2.45) is 0 Å². The monoisotopic (exact) mass is 258 g/mol. The third kappa shape index (κ3) is 5.55. The number of thioether (sulfide) groups is 1. The second-order valence-electron chi connectivity index (χ2n) is 4.94. The number of hydrogen-bond donors (Lipinski definition) is 0. The number of rotatable bonds is 7. The fraction of sp³-hybridized carbons (Fsp3) is 0.833. The molecule has 1 aromatic heterocycles. The molecule has 0 radical (unpaired) electrons. The standard InChI is InChI=1S/C12H22N2O2S/c1-5-6-7-15-8-9-17-11-14-13-10(16-11)12(2,3)4/h5-9H2,1-4H3. The van der Waals surface area contributed by atoms with E-state index in [0.717, 1.165) is 25.4 Å². The van der Waals surface area contributed by atoms with Crippen LogP contribution in [0.2, 0.25) is 0 Å². The number of nitrogens with zero attached hydrogens (tertiary/aromatic N) is 2. The molecule has 0 amide bonds. The summed E-state index contributed by atoms with van der Waals surface area (Å²) in [6, 6.07) is 0. The zero-order chi connectivity index (χ0) is 12.7. The highest BCUT2D eigenvalue weighted by atomic mass is 32.2. The summed E-state index contributed by atoms with van der Waals surface area (Å²) in [5, 5.41) is 8.68. The zero-order valence-corrected chi connectivity index (χ0v) is 12.0. The highest BCUT2D eigenvalue weighted by Gasteiger charge is 2.21. The van der Waals surface area contributed by atoms with Gasteiger partial charge in [0, 0.05) is 17.8 Å². The molecule has 0 bridgehead atoms. The number of unbranched alkanes of at least 4 members (excludes halogenated alkanes) is 1. The molecule has 17 heavy (non-hydrogen) atoms. The molecule has 0 saturated carbocycles. The Morgan fingerprint density at radius 1 is 1.24 bits per heavy atom. The van der Waals surface area contributed by atoms with E-state index in [1.165, 1.54) is 6.42 Å². The van der Waals surface area contributed by atoms with Crippen molar-refractivity contribution in [2.45, 2.75) is 51.2 Å². The lowest BCUT2D eigenvalue weighted by molar-refractivity contribution is 0.146. The molecule has 0 saturated heterocycles. The van der Waals surface area contributed by atoms with Gasteiger partial charge in [0.1, 0.15) is 0 Å². The molecular formula is C12H22N2O2S. The summed E-state index contributed by atoms with van der Waals surface area (Å²) >= 11 is 1.55. The lowest BCUT2D eigenvalue weighted by Gasteiger charge is -2.10. The molecular weight excluding hydrogens is 236 g/mol. The van der Waals surface area contributed by atoms with Gasteiger partial charge in [-0.25, -0.2) is 0 Å². The molecule has 0 aliphatic carbocycles. The molecule has 4 nitrogen and oxygen atoms in total. The molecule has 0 spiro atoms. The molecule has 1 heterocycles. The largest absolute Gasteiger partial charge is 0.415 e. The van der Waals surface area contributed by atoms with E-state index in [2.05, 4.69) is 37.9 Å². The summed E-state index contributed by atoms with van der Waals surface area (Å²) in [6.07, 6.45) is 2.30. The van der Waals surface area contributed by atoms with Gasteiger partial charge in [-0.1, -0.05) is 45.9 Å². The topological polar surface area (TPSA) is 48.2 Å². The first kappa shape index (κ1) is 14.5. The van der Waals surface area contributed by atoms with Crippen LogP contribution in [0.5, 0.6) is 0 Å². The van der Waals surface area contributed by atoms with Gasteiger partial charge in [0.15, 0.2) is 0 Å². The van der Waals surface area contributed by atoms with Gasteiger partial charge in [0.05, 0.1) is 6.61 Å². The number of ether oxygens (including phenoxy) is 1. The Morgan fingerprint density at radius 3 is 2.59 bits per heavy atom. The van der Waals surface area contributed by atoms with E-state index in [-0.39, 0.29) is 5.41 Å². The van der Waals surface area contributed by atoms with Gasteiger partial charge in [0.25, 0.3) is 5.22 Å². The van der Waals surface area contributed by atoms with E-state index in [9.17, 15) is 0 Å². The van der Waals surface area contributed by atoms with Crippen LogP contribution in [0.15, 0.2) is 9.64 Å². The smallest absolute Gasteiger partial charge is 0.276 e. The molecule has 0 aliphatic rings. The Hall–Kier alpha value is -0.550. The maximum atomic E-state index is 5.56. The van der Waals surface area contributed by atoms with Crippen LogP contribution in [0.1, 0.15) is 46.4 Å². The van der Waals surface area contributed by atoms with E-state index in [0.29, 0.717) is 11.1 Å². The Bertz CT molecular complexity index is 321. The van der Waals surface area contributed by atoms with E-state index < -0.39 is 0 Å². The molecule has 0 fully saturated rings. The minimum Gasteiger partial charge on any atom is -0.415 e. The van der Waals surface area contributed by atoms with Crippen molar-refractivity contribution in [1.82, 2.24) is 10.2 Å². The Balaban J connectivity index is 2.21. The van der Waals surface area contributed by atoms with E-state index in [1.807, 2.05) is 0 Å². The van der Waals surface area contributed by atoms with Crippen LogP contribution in [0.4, 0.5) is 0 Å². The van der Waals surface area contributed by atoms with Gasteiger partial charge in [-0.05, 0) is 6.42 Å². The predicted octanol–water partition coefficient (Wildman–Crippen LogP) is 3.28. The van der Waals surface area contributed by atoms with Crippen LogP contribution in [-0.2, 0) is 10.2 Å². The third-order valence-corrected chi connectivity index (χ3v) is 2.93. The molecule has 0 N–H and O–H groups in total. The zero-order valence-electron chi connectivity index (χ0n) is 11.2. The maximum Gasteiger partial charge on any atom is 0.276 e. The third-order valence-electron chi connectivity index (χ3n) is 2.14. The first-order valence-electron chi connectivity index (χ1n) is 6.08. The second-order valence-corrected chi connectivity index (χ2v) is 5.98. The Labute approximate surface area is 108 Å². The molecule has 0 unspecified atom stereocenters. The highest BCUT2D eigenvalue weighted by Crippen LogP contribution is 2.24. The van der Waals surface area contributed by atoms with E-state index in [1.54, 1.807) is 11.8 Å². The highest BCUT2D eigenvalue weighted by molar-refractivity contribution is 7.99. The minimum atomic E-state index is -0.0799. The van der Waals surface area contributed by atoms with Crippen LogP contribution in [0.3, 0.4) is 0 Å². The Kier molecular flexibility index (Phi) is 5.98. The van der Waals surface area contributed by atoms with Gasteiger partial charge >= 0.3 is 0 Å². The minimum absolute atomic E-state index is 0.0799. The van der Waals surface area contributed by atoms with E-state index in [4.69, 9.17) is 9.15 Å². The van der Waals surface area contributed by atoms with Crippen LogP contribution in [0.25, 0.3) is 0 Å². The summed E-state index contributed by atoms with van der Waals surface area (Å²) < 4.78 is 11.0. The van der Waals surface area contributed by atoms with Crippen molar-refractivity contribution in [2.75, 3.05) is 19.0 Å². The van der Waals surface area contributed by atoms with Gasteiger partial charge < -0.3 is 9.15 Å². The van der Waals surface area contributed by atoms with Crippen LogP contribution in [-0.4, -0.2) is 29.2 Å². The average molecular weight is 258 g/mol. The predicted molar refractivity (Wildman–Crippen MR) is 69.4 cm³/mol. The first-order chi connectivity index (χ1) is 8.04. The average Bonchev–Trinajstić information content (AvgIpc) is 2.71. The van der Waals surface area contributed by atoms with Crippen molar-refractivity contribution in [1.29, 1.82) is 0 Å². The van der Waals surface area contributed by atoms with Crippen molar-refractivity contribution < 1.29 is 9.15 Å². The SMILES string of the molecule is CCCCOCCSc1nnc(C(C)(C)C)o1. The Morgan fingerprint density at radius 2 is 2.00 bits per heavy atom. The lowest BCUT2D eigenvalue weighted by Crippen LogP contribution is -2.11. The second kappa shape index (κ2) is 7.01. The summed E-state index contributed by atoms with van der Waals surface area (Å²) in [7, 11) is 0. The number of aromatic nitrogens is 2. The maximum absolute atomic E-state index is 5.56. The van der Waals surface area contributed by atoms with Crippen LogP contribution in [0, 0.1) is 0 Å². The van der Waals surface area contributed by atoms with Crippen molar-refractivity contribution >= 4 is 11.8 Å². The van der Waals surface area contributed by atoms with Gasteiger partial charge in [-0.3, -0.25) is 0 Å². The van der Waals surface area contributed by atoms with Crippen LogP contribution < -0.4 is 0 Å². The molecule has 5 heteroatoms. The normalized spacial score (nSPS) is 12.0. The van der Waals surface area contributed by atoms with Crippen molar-refractivity contribution in [3.05, 3.63) is 5.89 Å². The van der Waals surface area contributed by atoms with Crippen molar-refractivity contribution in [3.8, 4) is 0 Å². The lowest BCUT2D eigenvalue weighted by atomic mass is 9.97. The molecule has 0 aliphatic heterocycles. The van der Waals surface area contributed by atoms with Gasteiger partial charge in [-0.2, -0.15) is 0 Å². The van der Waals surface area contributed by atoms with Gasteiger partial charge in [0.2, 0.25) is 5.89 Å².